The molecule has 0 aliphatic carbocycles. The summed E-state index contributed by atoms with van der Waals surface area (Å²) in [5, 5.41) is 5.34. The SMILES string of the molecule is COC(=O)N[C@@H](Cc1cn(C)cn1)C(=O)N1CCC[C@H]1c1ncc(-c2ccc(-c3ccc(C4=CN=C([C@@H]5CCCN5C(=O)[C@@H](NC(=O)OC)[C@@H](C)OC)C4)cc3)cc2)[nH]1. The van der Waals surface area contributed by atoms with Crippen molar-refractivity contribution in [3.05, 3.63) is 90.5 Å². The summed E-state index contributed by atoms with van der Waals surface area (Å²) in [6, 6.07) is 14.5. The topological polar surface area (TPSA) is 185 Å². The standard InChI is InChI=1S/C43H51N9O7/c1-26(57-3)38(49-43(56)59-5)41(54)51-18-6-8-36(51)33-20-31(22-44-33)29-12-10-27(11-13-29)28-14-16-30(17-15-28)35-23-45-39(47-35)37-9-7-19-52(37)40(53)34(48-42(55)58-4)21-32-24-50(2)25-46-32/h10-17,22-26,34,36-38H,6-9,18-21H2,1-5H3,(H,45,47)(H,48,55)(H,49,56)/t26-,34+,36+,37+,38+/m1/s1. The fraction of sp³-hybridized carbons (Fsp3) is 0.419. The van der Waals surface area contributed by atoms with Crippen LogP contribution in [0, 0.1) is 0 Å². The summed E-state index contributed by atoms with van der Waals surface area (Å²) in [7, 11) is 5.90. The molecule has 2 aromatic carbocycles. The summed E-state index contributed by atoms with van der Waals surface area (Å²) in [5.41, 5.74) is 7.69. The summed E-state index contributed by atoms with van der Waals surface area (Å²) in [6.45, 7) is 2.87. The minimum absolute atomic E-state index is 0.157. The Morgan fingerprint density at radius 2 is 1.42 bits per heavy atom. The Balaban J connectivity index is 0.971. The molecule has 3 N–H and O–H groups in total. The number of aromatic amines is 1. The van der Waals surface area contributed by atoms with Gasteiger partial charge in [-0.3, -0.25) is 14.6 Å². The molecule has 16 heteroatoms. The number of aromatic nitrogens is 4. The highest BCUT2D eigenvalue weighted by atomic mass is 16.5. The van der Waals surface area contributed by atoms with Crippen LogP contribution in [-0.2, 0) is 37.3 Å². The smallest absolute Gasteiger partial charge is 0.407 e. The number of imidazole rings is 2. The van der Waals surface area contributed by atoms with Crippen LogP contribution in [-0.4, -0.2) is 118 Å². The lowest BCUT2D eigenvalue weighted by Gasteiger charge is -2.31. The van der Waals surface area contributed by atoms with Gasteiger partial charge in [0.2, 0.25) is 11.8 Å². The molecule has 2 aromatic heterocycles. The molecule has 5 atom stereocenters. The van der Waals surface area contributed by atoms with Crippen molar-refractivity contribution < 1.29 is 33.4 Å². The average Bonchev–Trinajstić information content (AvgIpc) is 4.12. The van der Waals surface area contributed by atoms with Gasteiger partial charge in [0.25, 0.3) is 0 Å². The molecule has 3 aliphatic heterocycles. The van der Waals surface area contributed by atoms with Crippen LogP contribution in [0.3, 0.4) is 0 Å². The van der Waals surface area contributed by atoms with E-state index in [9.17, 15) is 19.2 Å². The average molecular weight is 806 g/mol. The quantitative estimate of drug-likeness (QED) is 0.167. The number of rotatable bonds is 13. The van der Waals surface area contributed by atoms with E-state index in [1.54, 1.807) is 33.8 Å². The van der Waals surface area contributed by atoms with Gasteiger partial charge in [0.1, 0.15) is 17.9 Å². The van der Waals surface area contributed by atoms with E-state index in [4.69, 9.17) is 24.2 Å². The third kappa shape index (κ3) is 9.07. The molecule has 4 amide bonds. The normalized spacial score (nSPS) is 19.1. The molecule has 0 spiro atoms. The van der Waals surface area contributed by atoms with E-state index in [-0.39, 0.29) is 30.3 Å². The van der Waals surface area contributed by atoms with Gasteiger partial charge in [-0.1, -0.05) is 48.5 Å². The maximum absolute atomic E-state index is 13.9. The zero-order valence-electron chi connectivity index (χ0n) is 34.0. The monoisotopic (exact) mass is 805 g/mol. The molecule has 3 aliphatic rings. The van der Waals surface area contributed by atoms with Gasteiger partial charge in [-0.2, -0.15) is 0 Å². The summed E-state index contributed by atoms with van der Waals surface area (Å²) < 4.78 is 16.8. The van der Waals surface area contributed by atoms with Crippen molar-refractivity contribution in [2.45, 2.75) is 75.7 Å². The van der Waals surface area contributed by atoms with Crippen LogP contribution >= 0.6 is 0 Å². The summed E-state index contributed by atoms with van der Waals surface area (Å²) in [5.74, 6) is 0.275. The van der Waals surface area contributed by atoms with Crippen molar-refractivity contribution >= 4 is 35.3 Å². The number of hydrogen-bond acceptors (Lipinski definition) is 10. The van der Waals surface area contributed by atoms with Crippen LogP contribution in [0.4, 0.5) is 9.59 Å². The molecule has 4 aromatic rings. The first-order chi connectivity index (χ1) is 28.6. The van der Waals surface area contributed by atoms with Crippen molar-refractivity contribution in [1.82, 2.24) is 40.0 Å². The number of aryl methyl sites for hydroxylation is 1. The molecule has 5 heterocycles. The molecule has 7 rings (SSSR count). The van der Waals surface area contributed by atoms with E-state index in [1.165, 1.54) is 21.3 Å². The summed E-state index contributed by atoms with van der Waals surface area (Å²) >= 11 is 0. The predicted molar refractivity (Wildman–Crippen MR) is 220 cm³/mol. The number of methoxy groups -OCH3 is 3. The van der Waals surface area contributed by atoms with Gasteiger partial charge in [-0.25, -0.2) is 19.6 Å². The number of carbonyl (C=O) groups is 4. The van der Waals surface area contributed by atoms with Crippen LogP contribution < -0.4 is 10.6 Å². The van der Waals surface area contributed by atoms with Gasteiger partial charge in [0.15, 0.2) is 0 Å². The van der Waals surface area contributed by atoms with Crippen LogP contribution in [0.5, 0.6) is 0 Å². The third-order valence-electron chi connectivity index (χ3n) is 11.4. The lowest BCUT2D eigenvalue weighted by Crippen LogP contribution is -2.56. The van der Waals surface area contributed by atoms with Gasteiger partial charge >= 0.3 is 12.2 Å². The van der Waals surface area contributed by atoms with E-state index < -0.39 is 30.4 Å². The molecular formula is C43H51N9O7. The summed E-state index contributed by atoms with van der Waals surface area (Å²) in [4.78, 5) is 72.6. The largest absolute Gasteiger partial charge is 0.453 e. The maximum atomic E-state index is 13.9. The molecule has 16 nitrogen and oxygen atoms in total. The fourth-order valence-electron chi connectivity index (χ4n) is 8.15. The van der Waals surface area contributed by atoms with Crippen LogP contribution in [0.25, 0.3) is 28.0 Å². The number of likely N-dealkylation sites (tertiary alicyclic amines) is 2. The predicted octanol–water partition coefficient (Wildman–Crippen LogP) is 5.04. The van der Waals surface area contributed by atoms with E-state index in [2.05, 4.69) is 57.0 Å². The Kier molecular flexibility index (Phi) is 12.5. The first-order valence-corrected chi connectivity index (χ1v) is 19.9. The molecule has 0 saturated carbocycles. The first kappa shape index (κ1) is 40.9. The lowest BCUT2D eigenvalue weighted by atomic mass is 9.96. The molecule has 0 radical (unpaired) electrons. The van der Waals surface area contributed by atoms with Crippen molar-refractivity contribution in [1.29, 1.82) is 0 Å². The van der Waals surface area contributed by atoms with E-state index >= 15 is 0 Å². The number of ether oxygens (including phenoxy) is 3. The molecular weight excluding hydrogens is 755 g/mol. The summed E-state index contributed by atoms with van der Waals surface area (Å²) in [6.07, 6.45) is 9.35. The number of alkyl carbamates (subject to hydrolysis) is 2. The Bertz CT molecular complexity index is 2210. The number of hydrogen-bond donors (Lipinski definition) is 3. The Labute approximate surface area is 343 Å². The minimum Gasteiger partial charge on any atom is -0.453 e. The molecule has 2 saturated heterocycles. The number of carbonyl (C=O) groups excluding carboxylic acids is 4. The number of nitrogens with one attached hydrogen (secondary N) is 3. The second-order valence-corrected chi connectivity index (χ2v) is 15.1. The van der Waals surface area contributed by atoms with Crippen molar-refractivity contribution in [2.24, 2.45) is 12.0 Å². The van der Waals surface area contributed by atoms with Crippen molar-refractivity contribution in [2.75, 3.05) is 34.4 Å². The van der Waals surface area contributed by atoms with Gasteiger partial charge in [0, 0.05) is 58.2 Å². The minimum atomic E-state index is -0.873. The van der Waals surface area contributed by atoms with Gasteiger partial charge in [-0.05, 0) is 60.4 Å². The zero-order chi connectivity index (χ0) is 41.6. The highest BCUT2D eigenvalue weighted by molar-refractivity contribution is 6.04. The van der Waals surface area contributed by atoms with Gasteiger partial charge in [-0.15, -0.1) is 0 Å². The van der Waals surface area contributed by atoms with Crippen molar-refractivity contribution in [3.8, 4) is 22.4 Å². The van der Waals surface area contributed by atoms with E-state index in [1.807, 2.05) is 31.6 Å². The first-order valence-electron chi connectivity index (χ1n) is 19.9. The molecule has 310 valence electrons. The van der Waals surface area contributed by atoms with Gasteiger partial charge in [0.05, 0.1) is 56.3 Å². The van der Waals surface area contributed by atoms with Crippen LogP contribution in [0.15, 0.2) is 78.4 Å². The molecule has 0 unspecified atom stereocenters. The fourth-order valence-corrected chi connectivity index (χ4v) is 8.15. The van der Waals surface area contributed by atoms with E-state index in [0.717, 1.165) is 64.9 Å². The number of benzene rings is 2. The zero-order valence-corrected chi connectivity index (χ0v) is 34.0. The van der Waals surface area contributed by atoms with Gasteiger partial charge < -0.3 is 44.2 Å². The Morgan fingerprint density at radius 3 is 2.05 bits per heavy atom. The Morgan fingerprint density at radius 1 is 0.814 bits per heavy atom. The van der Waals surface area contributed by atoms with E-state index in [0.29, 0.717) is 31.0 Å². The third-order valence-corrected chi connectivity index (χ3v) is 11.4. The lowest BCUT2D eigenvalue weighted by molar-refractivity contribution is -0.136. The number of nitrogens with zero attached hydrogens (tertiary/aromatic N) is 6. The number of H-pyrrole nitrogens is 1. The highest BCUT2D eigenvalue weighted by Crippen LogP contribution is 2.34. The second kappa shape index (κ2) is 18.1. The molecule has 2 fully saturated rings. The van der Waals surface area contributed by atoms with Crippen LogP contribution in [0.2, 0.25) is 0 Å². The number of allylic oxidation sites excluding steroid dienone is 1. The molecule has 59 heavy (non-hydrogen) atoms. The number of aliphatic imine (C=N–C) groups is 1. The van der Waals surface area contributed by atoms with Crippen LogP contribution in [0.1, 0.15) is 62.2 Å². The number of amides is 4. The second-order valence-electron chi connectivity index (χ2n) is 15.1. The van der Waals surface area contributed by atoms with Crippen molar-refractivity contribution in [3.63, 3.8) is 0 Å². The highest BCUT2D eigenvalue weighted by Gasteiger charge is 2.40. The molecule has 0 bridgehead atoms. The Hall–Kier alpha value is -6.29. The maximum Gasteiger partial charge on any atom is 0.407 e.